The monoisotopic (exact) mass is 276 g/mol. The van der Waals surface area contributed by atoms with E-state index in [-0.39, 0.29) is 0 Å². The molecule has 0 unspecified atom stereocenters. The summed E-state index contributed by atoms with van der Waals surface area (Å²) in [5.41, 5.74) is 2.60. The van der Waals surface area contributed by atoms with Gasteiger partial charge in [-0.25, -0.2) is 0 Å². The molecule has 0 bridgehead atoms. The lowest BCUT2D eigenvalue weighted by Gasteiger charge is -2.03. The first kappa shape index (κ1) is 15.3. The molecule has 0 saturated heterocycles. The lowest BCUT2D eigenvalue weighted by atomic mass is 10.0. The summed E-state index contributed by atoms with van der Waals surface area (Å²) in [6.07, 6.45) is 14.5. The van der Waals surface area contributed by atoms with Crippen LogP contribution < -0.4 is 0 Å². The van der Waals surface area contributed by atoms with Crippen LogP contribution in [-0.2, 0) is 0 Å². The molecule has 0 amide bonds. The highest BCUT2D eigenvalue weighted by molar-refractivity contribution is 5.86. The van der Waals surface area contributed by atoms with Crippen LogP contribution in [0, 0.1) is 0 Å². The van der Waals surface area contributed by atoms with Gasteiger partial charge in [0.1, 0.15) is 0 Å². The minimum atomic E-state index is 1.11. The number of unbranched alkanes of at least 4 members (excludes halogenated alkanes) is 1. The van der Waals surface area contributed by atoms with E-state index in [2.05, 4.69) is 86.7 Å². The van der Waals surface area contributed by atoms with Crippen molar-refractivity contribution in [2.75, 3.05) is 0 Å². The third-order valence-electron chi connectivity index (χ3n) is 3.59. The molecule has 21 heavy (non-hydrogen) atoms. The fourth-order valence-electron chi connectivity index (χ4n) is 2.32. The van der Waals surface area contributed by atoms with Crippen molar-refractivity contribution in [1.29, 1.82) is 0 Å². The molecule has 0 aliphatic rings. The average Bonchev–Trinajstić information content (AvgIpc) is 2.53. The summed E-state index contributed by atoms with van der Waals surface area (Å²) in [4.78, 5) is 0. The van der Waals surface area contributed by atoms with Gasteiger partial charge in [-0.3, -0.25) is 0 Å². The third kappa shape index (κ3) is 4.75. The lowest BCUT2D eigenvalue weighted by Crippen LogP contribution is -1.80. The number of benzene rings is 2. The van der Waals surface area contributed by atoms with Gasteiger partial charge in [0.25, 0.3) is 0 Å². The molecule has 0 aliphatic heterocycles. The number of allylic oxidation sites excluding steroid dienone is 6. The van der Waals surface area contributed by atoms with E-state index in [1.165, 1.54) is 21.9 Å². The van der Waals surface area contributed by atoms with Gasteiger partial charge < -0.3 is 0 Å². The lowest BCUT2D eigenvalue weighted by molar-refractivity contribution is 1.04. The van der Waals surface area contributed by atoms with Gasteiger partial charge in [0, 0.05) is 0 Å². The van der Waals surface area contributed by atoms with Gasteiger partial charge in [-0.2, -0.15) is 0 Å². The summed E-state index contributed by atoms with van der Waals surface area (Å²) >= 11 is 0. The van der Waals surface area contributed by atoms with Crippen molar-refractivity contribution in [3.63, 3.8) is 0 Å². The Balaban J connectivity index is 2.00. The summed E-state index contributed by atoms with van der Waals surface area (Å²) < 4.78 is 0. The molecule has 0 heterocycles. The van der Waals surface area contributed by atoms with Crippen LogP contribution in [0.5, 0.6) is 0 Å². The average molecular weight is 276 g/mol. The molecule has 0 aromatic heterocycles. The van der Waals surface area contributed by atoms with Gasteiger partial charge in [-0.1, -0.05) is 73.7 Å². The maximum Gasteiger partial charge on any atom is -0.0178 e. The predicted octanol–water partition coefficient (Wildman–Crippen LogP) is 6.55. The Morgan fingerprint density at radius 3 is 2.48 bits per heavy atom. The van der Waals surface area contributed by atoms with Crippen molar-refractivity contribution in [2.24, 2.45) is 0 Å². The normalized spacial score (nSPS) is 12.8. The van der Waals surface area contributed by atoms with Gasteiger partial charge in [-0.15, -0.1) is 0 Å². The zero-order valence-corrected chi connectivity index (χ0v) is 13.0. The maximum atomic E-state index is 2.26. The van der Waals surface area contributed by atoms with Crippen LogP contribution in [0.1, 0.15) is 38.7 Å². The number of hydrogen-bond donors (Lipinski definition) is 0. The van der Waals surface area contributed by atoms with E-state index in [4.69, 9.17) is 0 Å². The van der Waals surface area contributed by atoms with Crippen molar-refractivity contribution in [3.05, 3.63) is 78.4 Å². The zero-order valence-electron chi connectivity index (χ0n) is 13.0. The van der Waals surface area contributed by atoms with Gasteiger partial charge in [-0.05, 0) is 54.2 Å². The van der Waals surface area contributed by atoms with Crippen LogP contribution in [0.3, 0.4) is 0 Å². The molecular weight excluding hydrogens is 252 g/mol. The van der Waals surface area contributed by atoms with Gasteiger partial charge in [0.05, 0.1) is 0 Å². The molecule has 0 heteroatoms. The fraction of sp³-hybridized carbons (Fsp3) is 0.238. The topological polar surface area (TPSA) is 0 Å². The van der Waals surface area contributed by atoms with Crippen LogP contribution in [0.15, 0.2) is 72.8 Å². The number of rotatable bonds is 6. The summed E-state index contributed by atoms with van der Waals surface area (Å²) in [6, 6.07) is 15.2. The third-order valence-corrected chi connectivity index (χ3v) is 3.59. The second kappa shape index (κ2) is 8.26. The Kier molecular flexibility index (Phi) is 6.02. The van der Waals surface area contributed by atoms with Gasteiger partial charge >= 0.3 is 0 Å². The Hall–Kier alpha value is -2.08. The van der Waals surface area contributed by atoms with Crippen molar-refractivity contribution < 1.29 is 0 Å². The summed E-state index contributed by atoms with van der Waals surface area (Å²) in [7, 11) is 0. The van der Waals surface area contributed by atoms with E-state index < -0.39 is 0 Å². The van der Waals surface area contributed by atoms with Gasteiger partial charge in [0.15, 0.2) is 0 Å². The number of hydrogen-bond acceptors (Lipinski definition) is 0. The molecular formula is C21H24. The van der Waals surface area contributed by atoms with E-state index in [9.17, 15) is 0 Å². The van der Waals surface area contributed by atoms with E-state index >= 15 is 0 Å². The molecule has 0 aliphatic carbocycles. The van der Waals surface area contributed by atoms with Crippen molar-refractivity contribution in [1.82, 2.24) is 0 Å². The zero-order chi connectivity index (χ0) is 14.9. The van der Waals surface area contributed by atoms with Gasteiger partial charge in [0.2, 0.25) is 0 Å². The highest BCUT2D eigenvalue weighted by atomic mass is 14.0. The molecule has 0 atom stereocenters. The highest BCUT2D eigenvalue weighted by Gasteiger charge is 1.97. The van der Waals surface area contributed by atoms with Crippen LogP contribution in [-0.4, -0.2) is 0 Å². The Bertz CT molecular complexity index is 657. The minimum absolute atomic E-state index is 1.11. The van der Waals surface area contributed by atoms with Crippen molar-refractivity contribution in [2.45, 2.75) is 33.1 Å². The van der Waals surface area contributed by atoms with Crippen molar-refractivity contribution >= 4 is 16.3 Å². The van der Waals surface area contributed by atoms with E-state index in [0.29, 0.717) is 0 Å². The van der Waals surface area contributed by atoms with Crippen LogP contribution in [0.4, 0.5) is 0 Å². The molecule has 2 aromatic rings. The second-order valence-electron chi connectivity index (χ2n) is 5.30. The fourth-order valence-corrected chi connectivity index (χ4v) is 2.32. The maximum absolute atomic E-state index is 2.26. The summed E-state index contributed by atoms with van der Waals surface area (Å²) in [5, 5.41) is 2.60. The number of fused-ring (bicyclic) bond motifs is 1. The van der Waals surface area contributed by atoms with E-state index in [1.54, 1.807) is 0 Å². The van der Waals surface area contributed by atoms with Crippen molar-refractivity contribution in [3.8, 4) is 0 Å². The molecule has 0 spiro atoms. The largest absolute Gasteiger partial charge is 0.0888 e. The predicted molar refractivity (Wildman–Crippen MR) is 95.4 cm³/mol. The van der Waals surface area contributed by atoms with E-state index in [0.717, 1.165) is 19.3 Å². The molecule has 0 fully saturated rings. The quantitative estimate of drug-likeness (QED) is 0.319. The van der Waals surface area contributed by atoms with E-state index in [1.807, 2.05) is 0 Å². The molecule has 108 valence electrons. The molecule has 2 rings (SSSR count). The molecule has 0 N–H and O–H groups in total. The summed E-state index contributed by atoms with van der Waals surface area (Å²) in [5.74, 6) is 0. The first-order chi connectivity index (χ1) is 10.3. The van der Waals surface area contributed by atoms with Crippen LogP contribution in [0.2, 0.25) is 0 Å². The highest BCUT2D eigenvalue weighted by Crippen LogP contribution is 2.20. The Labute approximate surface area is 128 Å². The Morgan fingerprint density at radius 1 is 0.905 bits per heavy atom. The first-order valence-corrected chi connectivity index (χ1v) is 7.79. The first-order valence-electron chi connectivity index (χ1n) is 7.79. The smallest absolute Gasteiger partial charge is 0.0178 e. The molecule has 0 nitrogen and oxygen atoms in total. The molecule has 0 radical (unpaired) electrons. The molecule has 2 aromatic carbocycles. The Morgan fingerprint density at radius 2 is 1.67 bits per heavy atom. The SMILES string of the molecule is CC/C=C\CC/C=C/C=C(/C)c1ccc2ccccc2c1. The van der Waals surface area contributed by atoms with Crippen LogP contribution in [0.25, 0.3) is 16.3 Å². The molecule has 0 saturated carbocycles. The van der Waals surface area contributed by atoms with Crippen LogP contribution >= 0.6 is 0 Å². The minimum Gasteiger partial charge on any atom is -0.0888 e. The standard InChI is InChI=1S/C21H24/c1-3-4-5-6-7-8-9-12-18(2)20-16-15-19-13-10-11-14-21(19)17-20/h4-5,8-17H,3,6-7H2,1-2H3/b5-4-,9-8+,18-12-. The second-order valence-corrected chi connectivity index (χ2v) is 5.30. The summed E-state index contributed by atoms with van der Waals surface area (Å²) in [6.45, 7) is 4.34.